The minimum Gasteiger partial charge on any atom is -0.478 e. The number of rotatable bonds is 9. The molecule has 2 aromatic carbocycles. The van der Waals surface area contributed by atoms with Crippen LogP contribution in [0.1, 0.15) is 36.2 Å². The molecule has 3 aromatic rings. The Morgan fingerprint density at radius 2 is 1.72 bits per heavy atom. The average molecular weight is 501 g/mol. The number of carbonyl (C=O) groups is 2. The minimum absolute atomic E-state index is 0.113. The highest BCUT2D eigenvalue weighted by molar-refractivity contribution is 5.79. The van der Waals surface area contributed by atoms with E-state index in [9.17, 15) is 27.9 Å². The monoisotopic (exact) mass is 500 g/mol. The number of nitrogens with one attached hydrogen (secondary N) is 1. The molecule has 9 heteroatoms. The number of halogens is 3. The van der Waals surface area contributed by atoms with Crippen molar-refractivity contribution < 1.29 is 32.6 Å². The predicted octanol–water partition coefficient (Wildman–Crippen LogP) is 5.22. The van der Waals surface area contributed by atoms with E-state index >= 15 is 0 Å². The first kappa shape index (κ1) is 26.7. The second-order valence-electron chi connectivity index (χ2n) is 8.86. The Labute approximate surface area is 207 Å². The van der Waals surface area contributed by atoms with E-state index < -0.39 is 23.3 Å². The van der Waals surface area contributed by atoms with Crippen molar-refractivity contribution in [2.75, 3.05) is 6.54 Å². The van der Waals surface area contributed by atoms with Gasteiger partial charge in [-0.1, -0.05) is 30.3 Å². The third-order valence-corrected chi connectivity index (χ3v) is 5.58. The zero-order valence-corrected chi connectivity index (χ0v) is 20.1. The number of hydrogen-bond acceptors (Lipinski definition) is 4. The van der Waals surface area contributed by atoms with Crippen LogP contribution in [0.3, 0.4) is 0 Å². The summed E-state index contributed by atoms with van der Waals surface area (Å²) in [6, 6.07) is 15.3. The smallest absolute Gasteiger partial charge is 0.416 e. The molecule has 0 saturated heterocycles. The molecular weight excluding hydrogens is 473 g/mol. The predicted molar refractivity (Wildman–Crippen MR) is 129 cm³/mol. The van der Waals surface area contributed by atoms with Gasteiger partial charge in [0.05, 0.1) is 17.7 Å². The third-order valence-electron chi connectivity index (χ3n) is 5.58. The van der Waals surface area contributed by atoms with Crippen LogP contribution in [0.4, 0.5) is 13.2 Å². The van der Waals surface area contributed by atoms with Crippen LogP contribution in [0.5, 0.6) is 5.75 Å². The van der Waals surface area contributed by atoms with Gasteiger partial charge in [0.1, 0.15) is 5.75 Å². The Morgan fingerprint density at radius 3 is 2.33 bits per heavy atom. The van der Waals surface area contributed by atoms with E-state index in [0.29, 0.717) is 35.7 Å². The van der Waals surface area contributed by atoms with E-state index in [-0.39, 0.29) is 12.3 Å². The van der Waals surface area contributed by atoms with Gasteiger partial charge in [0, 0.05) is 17.8 Å². The van der Waals surface area contributed by atoms with Crippen molar-refractivity contribution in [3.63, 3.8) is 0 Å². The Hall–Kier alpha value is -3.88. The molecule has 1 aromatic heterocycles. The van der Waals surface area contributed by atoms with Gasteiger partial charge in [-0.2, -0.15) is 13.2 Å². The Balaban J connectivity index is 1.55. The maximum atomic E-state index is 12.8. The Kier molecular flexibility index (Phi) is 8.02. The zero-order chi connectivity index (χ0) is 26.5. The van der Waals surface area contributed by atoms with Gasteiger partial charge in [-0.05, 0) is 68.7 Å². The van der Waals surface area contributed by atoms with Gasteiger partial charge in [0.15, 0.2) is 5.60 Å². The number of nitrogens with zero attached hydrogens (tertiary/aromatic N) is 1. The summed E-state index contributed by atoms with van der Waals surface area (Å²) >= 11 is 0. The summed E-state index contributed by atoms with van der Waals surface area (Å²) in [5.74, 6) is -0.833. The summed E-state index contributed by atoms with van der Waals surface area (Å²) in [4.78, 5) is 28.1. The lowest BCUT2D eigenvalue weighted by Gasteiger charge is -2.21. The maximum Gasteiger partial charge on any atom is 0.416 e. The second kappa shape index (κ2) is 10.8. The molecule has 1 heterocycles. The topological polar surface area (TPSA) is 88.5 Å². The van der Waals surface area contributed by atoms with Crippen molar-refractivity contribution >= 4 is 11.9 Å². The molecule has 0 fully saturated rings. The average Bonchev–Trinajstić information content (AvgIpc) is 2.80. The van der Waals surface area contributed by atoms with Crippen LogP contribution in [0.2, 0.25) is 0 Å². The maximum absolute atomic E-state index is 12.8. The Bertz CT molecular complexity index is 1240. The van der Waals surface area contributed by atoms with Gasteiger partial charge in [-0.3, -0.25) is 9.78 Å². The molecule has 0 saturated carbocycles. The number of benzene rings is 2. The molecule has 3 rings (SSSR count). The van der Waals surface area contributed by atoms with Crippen LogP contribution in [-0.2, 0) is 28.6 Å². The molecule has 36 heavy (non-hydrogen) atoms. The normalized spacial score (nSPS) is 11.7. The van der Waals surface area contributed by atoms with E-state index in [0.717, 1.165) is 23.3 Å². The van der Waals surface area contributed by atoms with Gasteiger partial charge < -0.3 is 15.2 Å². The van der Waals surface area contributed by atoms with E-state index in [1.165, 1.54) is 26.0 Å². The zero-order valence-electron chi connectivity index (χ0n) is 20.1. The summed E-state index contributed by atoms with van der Waals surface area (Å²) < 4.78 is 43.9. The lowest BCUT2D eigenvalue weighted by atomic mass is 10.0. The standard InChI is InChI=1S/C27H27F3N2O4/c1-17-20(9-12-23(32-17)19-7-10-21(11-8-19)27(28,29)30)16-24(33)31-14-13-18-5-4-6-22(15-18)36-26(2,3)25(34)35/h4-12,15H,13-14,16H2,1-3H3,(H,31,33)(H,34,35). The highest BCUT2D eigenvalue weighted by Crippen LogP contribution is 2.30. The molecular formula is C27H27F3N2O4. The fraction of sp³-hybridized carbons (Fsp3) is 0.296. The number of carboxylic acid groups (broad SMARTS) is 1. The lowest BCUT2D eigenvalue weighted by molar-refractivity contribution is -0.152. The van der Waals surface area contributed by atoms with E-state index in [4.69, 9.17) is 4.74 Å². The van der Waals surface area contributed by atoms with Gasteiger partial charge in [0.25, 0.3) is 0 Å². The van der Waals surface area contributed by atoms with Crippen LogP contribution in [-0.4, -0.2) is 34.1 Å². The third kappa shape index (κ3) is 7.07. The number of aliphatic carboxylic acids is 1. The largest absolute Gasteiger partial charge is 0.478 e. The summed E-state index contributed by atoms with van der Waals surface area (Å²) in [5, 5.41) is 12.1. The van der Waals surface area contributed by atoms with Crippen LogP contribution < -0.4 is 10.1 Å². The molecule has 0 unspecified atom stereocenters. The number of aryl methyl sites for hydroxylation is 1. The summed E-state index contributed by atoms with van der Waals surface area (Å²) in [6.45, 7) is 5.06. The first-order valence-corrected chi connectivity index (χ1v) is 11.3. The number of carbonyl (C=O) groups excluding carboxylic acids is 1. The van der Waals surface area contributed by atoms with Crippen molar-refractivity contribution in [3.05, 3.63) is 83.0 Å². The summed E-state index contributed by atoms with van der Waals surface area (Å²) in [7, 11) is 0. The van der Waals surface area contributed by atoms with Gasteiger partial charge in [-0.15, -0.1) is 0 Å². The fourth-order valence-corrected chi connectivity index (χ4v) is 3.45. The van der Waals surface area contributed by atoms with E-state index in [1.807, 2.05) is 6.07 Å². The molecule has 0 aliphatic heterocycles. The van der Waals surface area contributed by atoms with Gasteiger partial charge >= 0.3 is 12.1 Å². The van der Waals surface area contributed by atoms with Crippen molar-refractivity contribution in [2.45, 2.75) is 45.4 Å². The van der Waals surface area contributed by atoms with Crippen LogP contribution in [0, 0.1) is 6.92 Å². The van der Waals surface area contributed by atoms with Crippen molar-refractivity contribution in [1.29, 1.82) is 0 Å². The first-order chi connectivity index (χ1) is 16.8. The number of pyridine rings is 1. The highest BCUT2D eigenvalue weighted by atomic mass is 19.4. The van der Waals surface area contributed by atoms with Gasteiger partial charge in [0.2, 0.25) is 5.91 Å². The number of alkyl halides is 3. The summed E-state index contributed by atoms with van der Waals surface area (Å²) in [6.07, 6.45) is -3.75. The van der Waals surface area contributed by atoms with Crippen LogP contribution >= 0.6 is 0 Å². The number of carboxylic acids is 1. The molecule has 0 bridgehead atoms. The Morgan fingerprint density at radius 1 is 1.03 bits per heavy atom. The lowest BCUT2D eigenvalue weighted by Crippen LogP contribution is -2.37. The second-order valence-corrected chi connectivity index (χ2v) is 8.86. The molecule has 1 amide bonds. The SMILES string of the molecule is Cc1nc(-c2ccc(C(F)(F)F)cc2)ccc1CC(=O)NCCc1cccc(OC(C)(C)C(=O)O)c1. The molecule has 2 N–H and O–H groups in total. The molecule has 0 aliphatic rings. The van der Waals surface area contributed by atoms with Crippen molar-refractivity contribution in [1.82, 2.24) is 10.3 Å². The van der Waals surface area contributed by atoms with Crippen LogP contribution in [0.15, 0.2) is 60.7 Å². The molecule has 0 aliphatic carbocycles. The molecule has 0 atom stereocenters. The van der Waals surface area contributed by atoms with Crippen LogP contribution in [0.25, 0.3) is 11.3 Å². The quantitative estimate of drug-likeness (QED) is 0.421. The van der Waals surface area contributed by atoms with Crippen molar-refractivity contribution in [3.8, 4) is 17.0 Å². The highest BCUT2D eigenvalue weighted by Gasteiger charge is 2.30. The molecule has 0 radical (unpaired) electrons. The fourth-order valence-electron chi connectivity index (χ4n) is 3.45. The molecule has 190 valence electrons. The molecule has 0 spiro atoms. The number of amides is 1. The number of ether oxygens (including phenoxy) is 1. The van der Waals surface area contributed by atoms with Crippen molar-refractivity contribution in [2.24, 2.45) is 0 Å². The minimum atomic E-state index is -4.40. The van der Waals surface area contributed by atoms with E-state index in [2.05, 4.69) is 10.3 Å². The number of aromatic nitrogens is 1. The van der Waals surface area contributed by atoms with Gasteiger partial charge in [-0.25, -0.2) is 4.79 Å². The molecule has 6 nitrogen and oxygen atoms in total. The van der Waals surface area contributed by atoms with E-state index in [1.54, 1.807) is 37.3 Å². The number of hydrogen-bond donors (Lipinski definition) is 2. The summed E-state index contributed by atoms with van der Waals surface area (Å²) in [5.41, 5.74) is 1.22. The first-order valence-electron chi connectivity index (χ1n) is 11.3.